The molecule has 0 spiro atoms. The van der Waals surface area contributed by atoms with Gasteiger partial charge in [-0.1, -0.05) is 37.3 Å². The van der Waals surface area contributed by atoms with Crippen LogP contribution in [0.2, 0.25) is 0 Å². The van der Waals surface area contributed by atoms with E-state index in [4.69, 9.17) is 14.5 Å². The van der Waals surface area contributed by atoms with Crippen molar-refractivity contribution >= 4 is 22.6 Å². The van der Waals surface area contributed by atoms with Gasteiger partial charge >= 0.3 is 0 Å². The summed E-state index contributed by atoms with van der Waals surface area (Å²) in [7, 11) is 1.66. The minimum atomic E-state index is 0.0729. The largest absolute Gasteiger partial charge is 0.497 e. The van der Waals surface area contributed by atoms with Gasteiger partial charge in [-0.3, -0.25) is 4.79 Å². The quantitative estimate of drug-likeness (QED) is 0.260. The maximum atomic E-state index is 13.0. The SMILES string of the molecule is CCc1ccc(N2CC(c3nc4ccccc4n3CCCCOc3cccc(OC)c3)CC2=O)cc1. The van der Waals surface area contributed by atoms with Gasteiger partial charge < -0.3 is 18.9 Å². The summed E-state index contributed by atoms with van der Waals surface area (Å²) in [5, 5.41) is 0. The number of carbonyl (C=O) groups is 1. The minimum absolute atomic E-state index is 0.0729. The summed E-state index contributed by atoms with van der Waals surface area (Å²) < 4.78 is 13.5. The first-order valence-corrected chi connectivity index (χ1v) is 12.8. The lowest BCUT2D eigenvalue weighted by atomic mass is 10.1. The van der Waals surface area contributed by atoms with Crippen molar-refractivity contribution in [2.45, 2.75) is 45.1 Å². The fourth-order valence-electron chi connectivity index (χ4n) is 4.94. The minimum Gasteiger partial charge on any atom is -0.497 e. The Morgan fingerprint density at radius 1 is 0.972 bits per heavy atom. The summed E-state index contributed by atoms with van der Waals surface area (Å²) in [5.74, 6) is 2.85. The second-order valence-electron chi connectivity index (χ2n) is 9.27. The number of nitrogens with zero attached hydrogens (tertiary/aromatic N) is 3. The number of carbonyl (C=O) groups excluding carboxylic acids is 1. The van der Waals surface area contributed by atoms with Crippen molar-refractivity contribution in [3.8, 4) is 11.5 Å². The summed E-state index contributed by atoms with van der Waals surface area (Å²) in [6.07, 6.45) is 3.35. The number of aryl methyl sites for hydroxylation is 2. The molecule has 186 valence electrons. The highest BCUT2D eigenvalue weighted by Crippen LogP contribution is 2.33. The molecule has 5 rings (SSSR count). The van der Waals surface area contributed by atoms with E-state index < -0.39 is 0 Å². The molecule has 1 fully saturated rings. The number of hydrogen-bond acceptors (Lipinski definition) is 4. The van der Waals surface area contributed by atoms with E-state index in [2.05, 4.69) is 54.0 Å². The fraction of sp³-hybridized carbons (Fsp3) is 0.333. The molecule has 0 N–H and O–H groups in total. The first kappa shape index (κ1) is 23.9. The Labute approximate surface area is 212 Å². The van der Waals surface area contributed by atoms with Crippen LogP contribution in [-0.4, -0.2) is 35.7 Å². The zero-order valence-electron chi connectivity index (χ0n) is 21.0. The molecule has 0 bridgehead atoms. The van der Waals surface area contributed by atoms with Crippen molar-refractivity contribution in [2.75, 3.05) is 25.2 Å². The van der Waals surface area contributed by atoms with Crippen LogP contribution in [-0.2, 0) is 17.8 Å². The van der Waals surface area contributed by atoms with Crippen molar-refractivity contribution in [1.29, 1.82) is 0 Å². The molecule has 3 aromatic carbocycles. The molecule has 2 heterocycles. The first-order chi connectivity index (χ1) is 17.7. The molecule has 36 heavy (non-hydrogen) atoms. The summed E-state index contributed by atoms with van der Waals surface area (Å²) in [5.41, 5.74) is 4.36. The molecule has 1 aliphatic rings. The Balaban J connectivity index is 1.27. The molecule has 1 atom stereocenters. The van der Waals surface area contributed by atoms with Crippen LogP contribution in [0.4, 0.5) is 5.69 Å². The third kappa shape index (κ3) is 5.08. The second-order valence-corrected chi connectivity index (χ2v) is 9.27. The average molecular weight is 484 g/mol. The molecule has 0 aliphatic carbocycles. The Morgan fingerprint density at radius 2 is 1.78 bits per heavy atom. The molecular weight excluding hydrogens is 450 g/mol. The smallest absolute Gasteiger partial charge is 0.227 e. The molecule has 6 heteroatoms. The molecule has 4 aromatic rings. The number of benzene rings is 3. The van der Waals surface area contributed by atoms with Gasteiger partial charge in [-0.15, -0.1) is 0 Å². The van der Waals surface area contributed by atoms with Crippen LogP contribution in [0.15, 0.2) is 72.8 Å². The predicted molar refractivity (Wildman–Crippen MR) is 143 cm³/mol. The number of unbranched alkanes of at least 4 members (excludes halogenated alkanes) is 1. The number of para-hydroxylation sites is 2. The van der Waals surface area contributed by atoms with Crippen molar-refractivity contribution in [3.63, 3.8) is 0 Å². The van der Waals surface area contributed by atoms with E-state index >= 15 is 0 Å². The summed E-state index contributed by atoms with van der Waals surface area (Å²) >= 11 is 0. The Kier molecular flexibility index (Phi) is 7.21. The number of amides is 1. The summed E-state index contributed by atoms with van der Waals surface area (Å²) in [6.45, 7) is 4.28. The van der Waals surface area contributed by atoms with Gasteiger partial charge in [0, 0.05) is 37.2 Å². The molecule has 6 nitrogen and oxygen atoms in total. The molecule has 1 saturated heterocycles. The van der Waals surface area contributed by atoms with Crippen LogP contribution < -0.4 is 14.4 Å². The van der Waals surface area contributed by atoms with Crippen LogP contribution in [0.5, 0.6) is 11.5 Å². The fourth-order valence-corrected chi connectivity index (χ4v) is 4.94. The highest BCUT2D eigenvalue weighted by atomic mass is 16.5. The number of methoxy groups -OCH3 is 1. The maximum Gasteiger partial charge on any atom is 0.227 e. The van der Waals surface area contributed by atoms with E-state index in [-0.39, 0.29) is 11.8 Å². The van der Waals surface area contributed by atoms with Gasteiger partial charge in [0.05, 0.1) is 24.8 Å². The number of aromatic nitrogens is 2. The zero-order valence-corrected chi connectivity index (χ0v) is 21.0. The van der Waals surface area contributed by atoms with Crippen LogP contribution in [0.1, 0.15) is 43.5 Å². The number of anilines is 1. The van der Waals surface area contributed by atoms with Crippen molar-refractivity contribution < 1.29 is 14.3 Å². The van der Waals surface area contributed by atoms with Crippen LogP contribution >= 0.6 is 0 Å². The highest BCUT2D eigenvalue weighted by molar-refractivity contribution is 5.96. The van der Waals surface area contributed by atoms with Gasteiger partial charge in [-0.05, 0) is 61.2 Å². The van der Waals surface area contributed by atoms with Gasteiger partial charge in [0.2, 0.25) is 5.91 Å². The number of imidazole rings is 1. The molecule has 0 saturated carbocycles. The van der Waals surface area contributed by atoms with Gasteiger partial charge in [0.15, 0.2) is 0 Å². The topological polar surface area (TPSA) is 56.6 Å². The number of fused-ring (bicyclic) bond motifs is 1. The van der Waals surface area contributed by atoms with Crippen LogP contribution in [0.25, 0.3) is 11.0 Å². The monoisotopic (exact) mass is 483 g/mol. The Hall–Kier alpha value is -3.80. The average Bonchev–Trinajstić information content (AvgIpc) is 3.49. The molecule has 1 unspecified atom stereocenters. The Bertz CT molecular complexity index is 1330. The number of hydrogen-bond donors (Lipinski definition) is 0. The molecular formula is C30H33N3O3. The predicted octanol–water partition coefficient (Wildman–Crippen LogP) is 5.99. The normalized spacial score (nSPS) is 15.6. The highest BCUT2D eigenvalue weighted by Gasteiger charge is 2.34. The molecule has 0 radical (unpaired) electrons. The van der Waals surface area contributed by atoms with E-state index in [9.17, 15) is 4.79 Å². The number of rotatable bonds is 10. The second kappa shape index (κ2) is 10.9. The maximum absolute atomic E-state index is 13.0. The van der Waals surface area contributed by atoms with Crippen molar-refractivity contribution in [3.05, 3.63) is 84.2 Å². The van der Waals surface area contributed by atoms with E-state index in [1.54, 1.807) is 7.11 Å². The van der Waals surface area contributed by atoms with E-state index in [0.717, 1.165) is 59.9 Å². The zero-order chi connectivity index (χ0) is 24.9. The lowest BCUT2D eigenvalue weighted by Crippen LogP contribution is -2.24. The van der Waals surface area contributed by atoms with E-state index in [1.807, 2.05) is 35.2 Å². The van der Waals surface area contributed by atoms with Gasteiger partial charge in [-0.2, -0.15) is 0 Å². The van der Waals surface area contributed by atoms with E-state index in [0.29, 0.717) is 19.6 Å². The molecule has 1 aliphatic heterocycles. The lowest BCUT2D eigenvalue weighted by Gasteiger charge is -2.18. The van der Waals surface area contributed by atoms with Crippen molar-refractivity contribution in [2.24, 2.45) is 0 Å². The summed E-state index contributed by atoms with van der Waals surface area (Å²) in [4.78, 5) is 19.9. The lowest BCUT2D eigenvalue weighted by molar-refractivity contribution is -0.117. The first-order valence-electron chi connectivity index (χ1n) is 12.8. The molecule has 1 amide bonds. The summed E-state index contributed by atoms with van der Waals surface area (Å²) in [6, 6.07) is 24.3. The van der Waals surface area contributed by atoms with E-state index in [1.165, 1.54) is 5.56 Å². The van der Waals surface area contributed by atoms with Crippen LogP contribution in [0.3, 0.4) is 0 Å². The number of ether oxygens (including phenoxy) is 2. The molecule has 1 aromatic heterocycles. The van der Waals surface area contributed by atoms with Gasteiger partial charge in [-0.25, -0.2) is 4.98 Å². The Morgan fingerprint density at radius 3 is 2.58 bits per heavy atom. The standard InChI is InChI=1S/C30H33N3O3/c1-3-22-13-15-24(16-14-22)33-21-23(19-29(33)34)30-31-27-11-4-5-12-28(27)32(30)17-6-7-18-36-26-10-8-9-25(20-26)35-2/h4-5,8-16,20,23H,3,6-7,17-19,21H2,1-2H3. The third-order valence-corrected chi connectivity index (χ3v) is 6.92. The van der Waals surface area contributed by atoms with Crippen molar-refractivity contribution in [1.82, 2.24) is 9.55 Å². The third-order valence-electron chi connectivity index (χ3n) is 6.92. The van der Waals surface area contributed by atoms with Gasteiger partial charge in [0.25, 0.3) is 0 Å². The van der Waals surface area contributed by atoms with Crippen LogP contribution in [0, 0.1) is 0 Å². The van der Waals surface area contributed by atoms with Gasteiger partial charge in [0.1, 0.15) is 17.3 Å².